The van der Waals surface area contributed by atoms with Gasteiger partial charge in [0.2, 0.25) is 5.91 Å². The number of benzene rings is 3. The summed E-state index contributed by atoms with van der Waals surface area (Å²) in [5, 5.41) is 45.7. The van der Waals surface area contributed by atoms with Gasteiger partial charge >= 0.3 is 0 Å². The van der Waals surface area contributed by atoms with Crippen molar-refractivity contribution in [3.63, 3.8) is 0 Å². The van der Waals surface area contributed by atoms with Crippen LogP contribution in [0, 0.1) is 16.3 Å². The van der Waals surface area contributed by atoms with E-state index >= 15 is 0 Å². The van der Waals surface area contributed by atoms with Crippen molar-refractivity contribution >= 4 is 98.3 Å². The first kappa shape index (κ1) is 29.6. The highest BCUT2D eigenvalue weighted by Gasteiger charge is 2.50. The lowest BCUT2D eigenvalue weighted by Crippen LogP contribution is -3.00. The topological polar surface area (TPSA) is 186 Å². The summed E-state index contributed by atoms with van der Waals surface area (Å²) in [7, 11) is 0. The maximum Gasteiger partial charge on any atom is 0.282 e. The summed E-state index contributed by atoms with van der Waals surface area (Å²) < 4.78 is 0. The van der Waals surface area contributed by atoms with Gasteiger partial charge in [0.15, 0.2) is 17.3 Å². The molecule has 3 unspecified atom stereocenters. The first-order valence-corrected chi connectivity index (χ1v) is 12.4. The molecule has 0 bridgehead atoms. The Hall–Kier alpha value is -3.34. The smallest absolute Gasteiger partial charge is 0.282 e. The molecule has 0 radical (unpaired) electrons. The zero-order valence-corrected chi connectivity index (χ0v) is 22.6. The first-order chi connectivity index (χ1) is 18.9. The minimum absolute atomic E-state index is 0.0523. The van der Waals surface area contributed by atoms with E-state index < -0.39 is 45.5 Å². The van der Waals surface area contributed by atoms with Gasteiger partial charge in [-0.3, -0.25) is 19.8 Å². The zero-order valence-electron chi connectivity index (χ0n) is 19.6. The molecule has 4 rings (SSSR count). The van der Waals surface area contributed by atoms with Gasteiger partial charge in [-0.1, -0.05) is 46.4 Å². The van der Waals surface area contributed by atoms with Crippen LogP contribution < -0.4 is 26.1 Å². The number of hydrogen-bond acceptors (Lipinski definition) is 9. The number of hydrazone groups is 1. The molecule has 40 heavy (non-hydrogen) atoms. The largest absolute Gasteiger partial charge is 0.595 e. The van der Waals surface area contributed by atoms with E-state index in [2.05, 4.69) is 15.8 Å². The second kappa shape index (κ2) is 12.0. The summed E-state index contributed by atoms with van der Waals surface area (Å²) in [6.07, 6.45) is 0. The van der Waals surface area contributed by atoms with Gasteiger partial charge in [-0.25, -0.2) is 15.3 Å². The van der Waals surface area contributed by atoms with E-state index in [-0.39, 0.29) is 42.8 Å². The number of imide groups is 1. The lowest BCUT2D eigenvalue weighted by atomic mass is 10.0. The molecular formula is C23H16Cl4N6O7. The van der Waals surface area contributed by atoms with E-state index in [1.807, 2.05) is 0 Å². The number of rotatable bonds is 7. The second-order valence-corrected chi connectivity index (χ2v) is 9.79. The maximum atomic E-state index is 13.5. The summed E-state index contributed by atoms with van der Waals surface area (Å²) in [4.78, 5) is 40.9. The molecule has 1 fully saturated rings. The molecule has 13 nitrogen and oxygen atoms in total. The van der Waals surface area contributed by atoms with Crippen LogP contribution in [-0.2, 0) is 14.4 Å². The van der Waals surface area contributed by atoms with Gasteiger partial charge in [0, 0.05) is 16.1 Å². The van der Waals surface area contributed by atoms with Gasteiger partial charge in [0.05, 0.1) is 27.5 Å². The molecule has 1 aliphatic rings. The fourth-order valence-electron chi connectivity index (χ4n) is 3.69. The SMILES string of the molecule is O=C(Nc1ccc(Cl)cc1Cl)C1C(=O)N(c2ccc(Cl)cc2Cl)C(=O)/C1=N/Nc1ccc([NH+]([O-])O)cc1[NH+]([O-])O. The molecule has 0 saturated carbocycles. The fourth-order valence-corrected chi connectivity index (χ4v) is 4.64. The van der Waals surface area contributed by atoms with Gasteiger partial charge in [-0.15, -0.1) is 0 Å². The van der Waals surface area contributed by atoms with E-state index in [4.69, 9.17) is 51.6 Å². The number of carbonyl (C=O) groups excluding carboxylic acids is 3. The summed E-state index contributed by atoms with van der Waals surface area (Å²) in [5.74, 6) is -4.87. The molecule has 1 heterocycles. The van der Waals surface area contributed by atoms with E-state index in [0.29, 0.717) is 4.90 Å². The number of anilines is 3. The fraction of sp³-hybridized carbons (Fsp3) is 0.0435. The standard InChI is InChI=1S/C23H16Cl4N6O7/c24-10-1-4-15(13(26)7-10)28-21(34)19-20(23(36)31(22(19)35)17-6-2-11(25)8-14(17)27)30-29-16-5-3-12(32(37)38)9-18(16)33(39)40/h1-9,19,29,32-33,37,39H,(H,28,34)/b30-20+. The van der Waals surface area contributed by atoms with Crippen molar-refractivity contribution in [2.24, 2.45) is 11.0 Å². The van der Waals surface area contributed by atoms with Crippen LogP contribution in [0.5, 0.6) is 0 Å². The molecular weight excluding hydrogens is 614 g/mol. The molecule has 6 N–H and O–H groups in total. The molecule has 0 aromatic heterocycles. The molecule has 0 spiro atoms. The van der Waals surface area contributed by atoms with Gasteiger partial charge in [0.25, 0.3) is 11.8 Å². The molecule has 208 valence electrons. The third-order valence-corrected chi connectivity index (χ3v) is 6.64. The predicted octanol–water partition coefficient (Wildman–Crippen LogP) is 2.70. The lowest BCUT2D eigenvalue weighted by Gasteiger charge is -2.18. The summed E-state index contributed by atoms with van der Waals surface area (Å²) in [6.45, 7) is 0. The van der Waals surface area contributed by atoms with Crippen molar-refractivity contribution < 1.29 is 35.3 Å². The third-order valence-electron chi connectivity index (χ3n) is 5.56. The second-order valence-electron chi connectivity index (χ2n) is 8.10. The molecule has 17 heteroatoms. The van der Waals surface area contributed by atoms with Crippen LogP contribution in [0.25, 0.3) is 0 Å². The molecule has 1 aliphatic heterocycles. The minimum Gasteiger partial charge on any atom is -0.595 e. The summed E-state index contributed by atoms with van der Waals surface area (Å²) in [6, 6.07) is 11.2. The van der Waals surface area contributed by atoms with Crippen LogP contribution in [0.3, 0.4) is 0 Å². The Morgan fingerprint density at radius 3 is 2.10 bits per heavy atom. The average molecular weight is 630 g/mol. The van der Waals surface area contributed by atoms with Crippen molar-refractivity contribution in [3.8, 4) is 0 Å². The number of carbonyl (C=O) groups is 3. The Morgan fingerprint density at radius 1 is 0.875 bits per heavy atom. The highest BCUT2D eigenvalue weighted by atomic mass is 35.5. The summed E-state index contributed by atoms with van der Waals surface area (Å²) in [5.41, 5.74) is 0.725. The number of nitrogens with zero attached hydrogens (tertiary/aromatic N) is 2. The van der Waals surface area contributed by atoms with Gasteiger partial charge < -0.3 is 15.7 Å². The number of nitrogens with one attached hydrogen (secondary N) is 4. The van der Waals surface area contributed by atoms with Crippen LogP contribution in [-0.4, -0.2) is 33.8 Å². The Bertz CT molecular complexity index is 1550. The van der Waals surface area contributed by atoms with Gasteiger partial charge in [-0.2, -0.15) is 15.6 Å². The van der Waals surface area contributed by atoms with Crippen LogP contribution in [0.2, 0.25) is 20.1 Å². The Morgan fingerprint density at radius 2 is 1.50 bits per heavy atom. The van der Waals surface area contributed by atoms with Crippen LogP contribution in [0.4, 0.5) is 28.4 Å². The molecule has 3 aromatic carbocycles. The quantitative estimate of drug-likeness (QED) is 0.131. The van der Waals surface area contributed by atoms with Crippen molar-refractivity contribution in [3.05, 3.63) is 85.1 Å². The van der Waals surface area contributed by atoms with Crippen LogP contribution >= 0.6 is 46.4 Å². The van der Waals surface area contributed by atoms with Crippen LogP contribution in [0.1, 0.15) is 0 Å². The number of quaternary nitrogens is 2. The molecule has 3 aromatic rings. The van der Waals surface area contributed by atoms with E-state index in [1.165, 1.54) is 36.4 Å². The minimum atomic E-state index is -1.83. The number of hydrogen-bond donors (Lipinski definition) is 6. The first-order valence-electron chi connectivity index (χ1n) is 10.9. The van der Waals surface area contributed by atoms with Crippen molar-refractivity contribution in [2.75, 3.05) is 15.6 Å². The Kier molecular flexibility index (Phi) is 8.92. The lowest BCUT2D eigenvalue weighted by molar-refractivity contribution is -0.996. The molecule has 3 atom stereocenters. The highest BCUT2D eigenvalue weighted by molar-refractivity contribution is 6.62. The van der Waals surface area contributed by atoms with Crippen molar-refractivity contribution in [2.45, 2.75) is 0 Å². The Balaban J connectivity index is 1.76. The van der Waals surface area contributed by atoms with Crippen LogP contribution in [0.15, 0.2) is 59.7 Å². The zero-order chi connectivity index (χ0) is 29.3. The molecule has 3 amide bonds. The van der Waals surface area contributed by atoms with Crippen molar-refractivity contribution in [1.82, 2.24) is 0 Å². The monoisotopic (exact) mass is 628 g/mol. The predicted molar refractivity (Wildman–Crippen MR) is 147 cm³/mol. The number of amides is 3. The number of halogens is 4. The maximum absolute atomic E-state index is 13.5. The normalized spacial score (nSPS) is 17.8. The third kappa shape index (κ3) is 6.04. The summed E-state index contributed by atoms with van der Waals surface area (Å²) >= 11 is 24.2. The van der Waals surface area contributed by atoms with E-state index in [0.717, 1.165) is 18.2 Å². The highest BCUT2D eigenvalue weighted by Crippen LogP contribution is 2.34. The van der Waals surface area contributed by atoms with Gasteiger partial charge in [-0.05, 0) is 42.5 Å². The molecule has 1 saturated heterocycles. The van der Waals surface area contributed by atoms with E-state index in [9.17, 15) is 30.0 Å². The molecule has 0 aliphatic carbocycles. The van der Waals surface area contributed by atoms with Gasteiger partial charge in [0.1, 0.15) is 11.4 Å². The van der Waals surface area contributed by atoms with Crippen molar-refractivity contribution in [1.29, 1.82) is 0 Å². The Labute approximate surface area is 244 Å². The average Bonchev–Trinajstić information content (AvgIpc) is 3.13. The van der Waals surface area contributed by atoms with E-state index in [1.54, 1.807) is 0 Å².